The second-order valence-corrected chi connectivity index (χ2v) is 25.8. The Kier molecular flexibility index (Phi) is 18.2. The molecule has 4 aromatic rings. The van der Waals surface area contributed by atoms with E-state index in [1.807, 2.05) is 12.1 Å². The van der Waals surface area contributed by atoms with E-state index < -0.39 is 0 Å². The van der Waals surface area contributed by atoms with Crippen molar-refractivity contribution in [3.05, 3.63) is 99.7 Å². The molecule has 3 aliphatic heterocycles. The molecule has 3 saturated heterocycles. The summed E-state index contributed by atoms with van der Waals surface area (Å²) in [7, 11) is -0.272. The molecule has 0 saturated carbocycles. The Morgan fingerprint density at radius 1 is 0.556 bits per heavy atom. The van der Waals surface area contributed by atoms with Crippen molar-refractivity contribution in [3.8, 4) is 11.3 Å². The molecule has 3 fully saturated rings. The lowest BCUT2D eigenvalue weighted by Crippen LogP contribution is -2.41. The first kappa shape index (κ1) is 56.4. The lowest BCUT2D eigenvalue weighted by molar-refractivity contribution is 0.00578. The third kappa shape index (κ3) is 13.5. The molecule has 72 heavy (non-hydrogen) atoms. The van der Waals surface area contributed by atoms with Gasteiger partial charge in [0.2, 0.25) is 0 Å². The second kappa shape index (κ2) is 23.3. The maximum atomic E-state index is 9.09. The summed E-state index contributed by atoms with van der Waals surface area (Å²) in [6.45, 7) is 33.3. The van der Waals surface area contributed by atoms with Gasteiger partial charge in [-0.25, -0.2) is 9.97 Å². The number of aliphatic hydroxyl groups is 2. The fraction of sp³-hybridized carbons (Fsp3) is 0.633. The monoisotopic (exact) mass is 1050 g/mol. The highest BCUT2D eigenvalue weighted by atomic mass is 79.9. The zero-order valence-corrected chi connectivity index (χ0v) is 47.9. The van der Waals surface area contributed by atoms with Crippen LogP contribution in [0.15, 0.2) is 77.4 Å². The first-order valence-electron chi connectivity index (χ1n) is 27.4. The summed E-state index contributed by atoms with van der Waals surface area (Å²) in [5.74, 6) is 2.13. The van der Waals surface area contributed by atoms with E-state index >= 15 is 0 Å². The Balaban J connectivity index is 0.000000165. The minimum atomic E-state index is -0.289. The highest BCUT2D eigenvalue weighted by Gasteiger charge is 2.52. The Labute approximate surface area is 443 Å². The van der Waals surface area contributed by atoms with Crippen molar-refractivity contribution in [3.63, 3.8) is 0 Å². The number of rotatable bonds is 10. The minimum Gasteiger partial charge on any atom is -0.399 e. The first-order chi connectivity index (χ1) is 33.9. The zero-order valence-electron chi connectivity index (χ0n) is 46.3. The van der Waals surface area contributed by atoms with Crippen LogP contribution in [0.2, 0.25) is 0 Å². The lowest BCUT2D eigenvalue weighted by Gasteiger charge is -2.42. The van der Waals surface area contributed by atoms with Gasteiger partial charge < -0.3 is 40.0 Å². The molecular weight excluding hydrogens is 959 g/mol. The van der Waals surface area contributed by atoms with E-state index in [0.29, 0.717) is 25.2 Å². The predicted molar refractivity (Wildman–Crippen MR) is 304 cm³/mol. The van der Waals surface area contributed by atoms with Gasteiger partial charge >= 0.3 is 7.12 Å². The highest BCUT2D eigenvalue weighted by molar-refractivity contribution is 9.10. The van der Waals surface area contributed by atoms with E-state index in [-0.39, 0.29) is 53.2 Å². The molecule has 9 rings (SSSR count). The summed E-state index contributed by atoms with van der Waals surface area (Å²) >= 11 is 3.42. The van der Waals surface area contributed by atoms with Crippen molar-refractivity contribution in [2.75, 3.05) is 62.3 Å². The molecule has 0 bridgehead atoms. The molecule has 2 aromatic heterocycles. The molecule has 0 amide bonds. The van der Waals surface area contributed by atoms with Gasteiger partial charge in [-0.1, -0.05) is 97.9 Å². The standard InChI is InChI=1S/C27H39N3O.C20H31BO2.C13H20BrN3O/c1-26(2)13-14-27(3,4)23-19-20(10-11-22(23)26)24-8-5-9-25(29-24)30-16-6-7-21(12-17-30)28-15-18-31;1-17(2)11-12-18(3,4)16-13-14(9-10-15(16)17)21-22-19(5,6)20(7,8)23-21;14-12-4-1-5-13(16-12)17-8-2-3-11(6-9-17)15-7-10-18/h5,8-11,19,21,28,31H,6-7,12-18H2,1-4H3;9-10,13H,11-12H2,1-8H3;1,4-5,11,15,18H,2-3,6-10H2. The number of pyridine rings is 2. The number of aliphatic hydroxyl groups excluding tert-OH is 2. The molecule has 0 spiro atoms. The SMILES string of the molecule is CC1(C)CCC(C)(C)c2cc(-c3cccc(N4CCCC(NCCO)CC4)n3)ccc21.CC1(C)CCC(C)(C)c2cc(B3OC(C)(C)C(C)(C)O3)ccc21.OCCNC1CCCN(c2cccc(Br)n2)CC1. The maximum Gasteiger partial charge on any atom is 0.494 e. The van der Waals surface area contributed by atoms with E-state index in [2.05, 4.69) is 185 Å². The molecule has 12 heteroatoms. The number of benzene rings is 2. The molecule has 2 unspecified atom stereocenters. The topological polar surface area (TPSA) is 115 Å². The summed E-state index contributed by atoms with van der Waals surface area (Å²) in [5.41, 5.74) is 9.70. The van der Waals surface area contributed by atoms with Gasteiger partial charge in [-0.2, -0.15) is 0 Å². The van der Waals surface area contributed by atoms with Crippen LogP contribution in [0.4, 0.5) is 11.6 Å². The highest BCUT2D eigenvalue weighted by Crippen LogP contribution is 2.48. The number of halogens is 1. The zero-order chi connectivity index (χ0) is 52.1. The third-order valence-electron chi connectivity index (χ3n) is 17.2. The Bertz CT molecular complexity index is 2410. The number of fused-ring (bicyclic) bond motifs is 2. The molecule has 0 radical (unpaired) electrons. The van der Waals surface area contributed by atoms with Crippen molar-refractivity contribution in [1.82, 2.24) is 20.6 Å². The van der Waals surface area contributed by atoms with E-state index in [0.717, 1.165) is 85.7 Å². The average molecular weight is 1050 g/mol. The van der Waals surface area contributed by atoms with E-state index in [9.17, 15) is 0 Å². The smallest absolute Gasteiger partial charge is 0.399 e. The van der Waals surface area contributed by atoms with Gasteiger partial charge in [-0.05, 0) is 188 Å². The summed E-state index contributed by atoms with van der Waals surface area (Å²) < 4.78 is 13.4. The van der Waals surface area contributed by atoms with Crippen molar-refractivity contribution in [2.45, 2.75) is 192 Å². The molecule has 2 aliphatic carbocycles. The van der Waals surface area contributed by atoms with E-state index in [1.54, 1.807) is 0 Å². The van der Waals surface area contributed by atoms with Crippen LogP contribution < -0.4 is 25.9 Å². The van der Waals surface area contributed by atoms with E-state index in [4.69, 9.17) is 24.5 Å². The first-order valence-corrected chi connectivity index (χ1v) is 28.2. The van der Waals surface area contributed by atoms with Crippen LogP contribution in [0.25, 0.3) is 11.3 Å². The van der Waals surface area contributed by atoms with Gasteiger partial charge in [0.15, 0.2) is 0 Å². The third-order valence-corrected chi connectivity index (χ3v) is 17.6. The van der Waals surface area contributed by atoms with Crippen LogP contribution in [-0.4, -0.2) is 103 Å². The summed E-state index contributed by atoms with van der Waals surface area (Å²) in [6.07, 6.45) is 11.8. The molecule has 10 nitrogen and oxygen atoms in total. The quantitative estimate of drug-likeness (QED) is 0.0904. The van der Waals surface area contributed by atoms with Gasteiger partial charge in [0.05, 0.1) is 30.1 Å². The Morgan fingerprint density at radius 2 is 1.01 bits per heavy atom. The predicted octanol–water partition coefficient (Wildman–Crippen LogP) is 11.2. The van der Waals surface area contributed by atoms with Crippen molar-refractivity contribution in [2.24, 2.45) is 0 Å². The molecule has 2 aromatic carbocycles. The maximum absolute atomic E-state index is 9.09. The minimum absolute atomic E-state index is 0.207. The lowest BCUT2D eigenvalue weighted by atomic mass is 9.61. The van der Waals surface area contributed by atoms with Crippen molar-refractivity contribution in [1.29, 1.82) is 0 Å². The molecule has 5 aliphatic rings. The molecular formula is C60H90BBrN6O4. The normalized spacial score (nSPS) is 23.5. The van der Waals surface area contributed by atoms with Crippen molar-refractivity contribution >= 4 is 40.1 Å². The Hall–Kier alpha value is -3.36. The molecule has 4 N–H and O–H groups in total. The number of anilines is 2. The van der Waals surface area contributed by atoms with Crippen LogP contribution in [0.3, 0.4) is 0 Å². The fourth-order valence-corrected chi connectivity index (χ4v) is 11.7. The van der Waals surface area contributed by atoms with Crippen molar-refractivity contribution < 1.29 is 19.5 Å². The summed E-state index contributed by atoms with van der Waals surface area (Å²) in [4.78, 5) is 14.4. The summed E-state index contributed by atoms with van der Waals surface area (Å²) in [5, 5.41) is 24.8. The van der Waals surface area contributed by atoms with Gasteiger partial charge in [-0.3, -0.25) is 0 Å². The van der Waals surface area contributed by atoms with Gasteiger partial charge in [0, 0.05) is 56.9 Å². The number of hydrogen-bond acceptors (Lipinski definition) is 10. The summed E-state index contributed by atoms with van der Waals surface area (Å²) in [6, 6.07) is 27.4. The largest absolute Gasteiger partial charge is 0.494 e. The van der Waals surface area contributed by atoms with Gasteiger partial charge in [0.25, 0.3) is 0 Å². The van der Waals surface area contributed by atoms with Gasteiger partial charge in [0.1, 0.15) is 16.2 Å². The number of nitrogens with one attached hydrogen (secondary N) is 2. The Morgan fingerprint density at radius 3 is 1.51 bits per heavy atom. The molecule has 5 heterocycles. The number of nitrogens with zero attached hydrogens (tertiary/aromatic N) is 4. The van der Waals surface area contributed by atoms with Crippen LogP contribution in [-0.2, 0) is 31.0 Å². The average Bonchev–Trinajstić information content (AvgIpc) is 3.60. The van der Waals surface area contributed by atoms with Crippen LogP contribution in [0, 0.1) is 0 Å². The van der Waals surface area contributed by atoms with Crippen LogP contribution in [0.1, 0.15) is 170 Å². The van der Waals surface area contributed by atoms with Gasteiger partial charge in [-0.15, -0.1) is 0 Å². The second-order valence-electron chi connectivity index (χ2n) is 25.0. The van der Waals surface area contributed by atoms with Crippen LogP contribution in [0.5, 0.6) is 0 Å². The molecule has 2 atom stereocenters. The fourth-order valence-electron chi connectivity index (χ4n) is 11.4. The number of aromatic nitrogens is 2. The molecule has 394 valence electrons. The number of hydrogen-bond donors (Lipinski definition) is 4. The van der Waals surface area contributed by atoms with Crippen LogP contribution >= 0.6 is 15.9 Å². The van der Waals surface area contributed by atoms with E-state index in [1.165, 1.54) is 59.9 Å².